The maximum absolute atomic E-state index is 11.1. The molecule has 4 heteroatoms. The first kappa shape index (κ1) is 15.5. The zero-order valence-electron chi connectivity index (χ0n) is 12.7. The fourth-order valence-electron chi connectivity index (χ4n) is 2.20. The highest BCUT2D eigenvalue weighted by molar-refractivity contribution is 5.80. The number of hydrogen-bond donors (Lipinski definition) is 0. The van der Waals surface area contributed by atoms with Crippen LogP contribution in [0, 0.1) is 0 Å². The van der Waals surface area contributed by atoms with Gasteiger partial charge in [0.05, 0.1) is 11.1 Å². The molecule has 0 aliphatic heterocycles. The summed E-state index contributed by atoms with van der Waals surface area (Å²) in [6.07, 6.45) is 1.47. The third-order valence-electron chi connectivity index (χ3n) is 3.38. The average Bonchev–Trinajstić information content (AvgIpc) is 2.64. The van der Waals surface area contributed by atoms with Crippen LogP contribution in [0.3, 0.4) is 0 Å². The molecule has 0 heterocycles. The first-order chi connectivity index (χ1) is 11.8. The van der Waals surface area contributed by atoms with Gasteiger partial charge in [0.2, 0.25) is 0 Å². The molecular weight excluding hydrogens is 304 g/mol. The lowest BCUT2D eigenvalue weighted by Crippen LogP contribution is -1.94. The molecule has 0 aromatic heterocycles. The Balaban J connectivity index is 1.94. The normalized spacial score (nSPS) is 10.0. The van der Waals surface area contributed by atoms with Gasteiger partial charge in [-0.3, -0.25) is 9.59 Å². The molecule has 0 unspecified atom stereocenters. The minimum atomic E-state index is 0.437. The molecule has 0 atom stereocenters. The zero-order valence-corrected chi connectivity index (χ0v) is 12.7. The van der Waals surface area contributed by atoms with Gasteiger partial charge in [-0.1, -0.05) is 36.4 Å². The van der Waals surface area contributed by atoms with E-state index in [0.29, 0.717) is 34.1 Å². The van der Waals surface area contributed by atoms with Gasteiger partial charge < -0.3 is 9.47 Å². The van der Waals surface area contributed by atoms with E-state index in [9.17, 15) is 9.59 Å². The van der Waals surface area contributed by atoms with E-state index in [2.05, 4.69) is 0 Å². The van der Waals surface area contributed by atoms with Crippen LogP contribution in [0.2, 0.25) is 0 Å². The molecule has 0 aliphatic rings. The van der Waals surface area contributed by atoms with Gasteiger partial charge in [0.15, 0.2) is 24.1 Å². The molecule has 0 amide bonds. The molecule has 0 saturated carbocycles. The number of hydrogen-bond acceptors (Lipinski definition) is 4. The summed E-state index contributed by atoms with van der Waals surface area (Å²) in [5.41, 5.74) is 0.890. The predicted octanol–water partition coefficient (Wildman–Crippen LogP) is 4.90. The van der Waals surface area contributed by atoms with Gasteiger partial charge in [-0.2, -0.15) is 0 Å². The van der Waals surface area contributed by atoms with Crippen molar-refractivity contribution in [2.75, 3.05) is 0 Å². The van der Waals surface area contributed by atoms with Gasteiger partial charge in [-0.25, -0.2) is 0 Å². The fraction of sp³-hybridized carbons (Fsp3) is 0. The number of benzene rings is 3. The van der Waals surface area contributed by atoms with Crippen LogP contribution in [0.5, 0.6) is 23.0 Å². The summed E-state index contributed by atoms with van der Waals surface area (Å²) < 4.78 is 11.7. The van der Waals surface area contributed by atoms with Gasteiger partial charge in [0.1, 0.15) is 11.5 Å². The minimum Gasteiger partial charge on any atom is -0.453 e. The molecule has 0 N–H and O–H groups in total. The summed E-state index contributed by atoms with van der Waals surface area (Å²) in [6.45, 7) is 0. The van der Waals surface area contributed by atoms with Gasteiger partial charge in [-0.05, 0) is 36.4 Å². The summed E-state index contributed by atoms with van der Waals surface area (Å²) in [5.74, 6) is 1.78. The topological polar surface area (TPSA) is 52.6 Å². The lowest BCUT2D eigenvalue weighted by molar-refractivity contribution is 0.111. The second-order valence-electron chi connectivity index (χ2n) is 4.96. The molecule has 0 aliphatic carbocycles. The molecule has 0 radical (unpaired) electrons. The highest BCUT2D eigenvalue weighted by Crippen LogP contribution is 2.36. The third kappa shape index (κ3) is 3.33. The van der Waals surface area contributed by atoms with Crippen LogP contribution in [-0.4, -0.2) is 12.6 Å². The van der Waals surface area contributed by atoms with Crippen LogP contribution in [0.15, 0.2) is 72.8 Å². The molecule has 0 bridgehead atoms. The summed E-state index contributed by atoms with van der Waals surface area (Å²) in [7, 11) is 0. The number of aldehydes is 2. The third-order valence-corrected chi connectivity index (χ3v) is 3.38. The van der Waals surface area contributed by atoms with E-state index in [4.69, 9.17) is 9.47 Å². The van der Waals surface area contributed by atoms with Crippen LogP contribution >= 0.6 is 0 Å². The number of rotatable bonds is 6. The molecule has 0 saturated heterocycles. The zero-order chi connectivity index (χ0) is 16.8. The van der Waals surface area contributed by atoms with E-state index in [1.807, 2.05) is 0 Å². The Kier molecular flexibility index (Phi) is 4.68. The second-order valence-corrected chi connectivity index (χ2v) is 4.96. The SMILES string of the molecule is O=Cc1ccccc1Oc1ccccc1Oc1ccccc1C=O. The van der Waals surface area contributed by atoms with Crippen LogP contribution in [0.25, 0.3) is 0 Å². The summed E-state index contributed by atoms with van der Waals surface area (Å²) in [5, 5.41) is 0. The summed E-state index contributed by atoms with van der Waals surface area (Å²) >= 11 is 0. The Bertz CT molecular complexity index is 798. The number of carbonyl (C=O) groups is 2. The van der Waals surface area contributed by atoms with Crippen molar-refractivity contribution in [3.8, 4) is 23.0 Å². The summed E-state index contributed by atoms with van der Waals surface area (Å²) in [6, 6.07) is 20.9. The van der Waals surface area contributed by atoms with Crippen LogP contribution in [-0.2, 0) is 0 Å². The van der Waals surface area contributed by atoms with Crippen molar-refractivity contribution >= 4 is 12.6 Å². The quantitative estimate of drug-likeness (QED) is 0.607. The Hall–Kier alpha value is -3.40. The van der Waals surface area contributed by atoms with Crippen LogP contribution < -0.4 is 9.47 Å². The van der Waals surface area contributed by atoms with E-state index in [0.717, 1.165) is 12.6 Å². The van der Waals surface area contributed by atoms with E-state index < -0.39 is 0 Å². The molecule has 3 aromatic carbocycles. The molecule has 4 nitrogen and oxygen atoms in total. The van der Waals surface area contributed by atoms with Crippen molar-refractivity contribution in [3.05, 3.63) is 83.9 Å². The predicted molar refractivity (Wildman–Crippen MR) is 90.2 cm³/mol. The van der Waals surface area contributed by atoms with Gasteiger partial charge in [0.25, 0.3) is 0 Å². The van der Waals surface area contributed by atoms with E-state index in [1.54, 1.807) is 72.8 Å². The molecule has 24 heavy (non-hydrogen) atoms. The molecule has 3 aromatic rings. The Morgan fingerprint density at radius 2 is 0.833 bits per heavy atom. The lowest BCUT2D eigenvalue weighted by atomic mass is 10.2. The van der Waals surface area contributed by atoms with Crippen molar-refractivity contribution in [1.82, 2.24) is 0 Å². The second kappa shape index (κ2) is 7.24. The Morgan fingerprint density at radius 3 is 1.21 bits per heavy atom. The first-order valence-corrected chi connectivity index (χ1v) is 7.35. The van der Waals surface area contributed by atoms with Gasteiger partial charge >= 0.3 is 0 Å². The van der Waals surface area contributed by atoms with Gasteiger partial charge in [0, 0.05) is 0 Å². The number of ether oxygens (including phenoxy) is 2. The highest BCUT2D eigenvalue weighted by atomic mass is 16.5. The van der Waals surface area contributed by atoms with Crippen molar-refractivity contribution < 1.29 is 19.1 Å². The van der Waals surface area contributed by atoms with Crippen molar-refractivity contribution in [3.63, 3.8) is 0 Å². The van der Waals surface area contributed by atoms with Crippen molar-refractivity contribution in [1.29, 1.82) is 0 Å². The highest BCUT2D eigenvalue weighted by Gasteiger charge is 2.11. The van der Waals surface area contributed by atoms with Crippen molar-refractivity contribution in [2.24, 2.45) is 0 Å². The average molecular weight is 318 g/mol. The summed E-state index contributed by atoms with van der Waals surface area (Å²) in [4.78, 5) is 22.3. The number of para-hydroxylation sites is 4. The Morgan fingerprint density at radius 1 is 0.500 bits per heavy atom. The molecule has 0 spiro atoms. The Labute approximate surface area is 139 Å². The fourth-order valence-corrected chi connectivity index (χ4v) is 2.20. The molecule has 3 rings (SSSR count). The first-order valence-electron chi connectivity index (χ1n) is 7.35. The largest absolute Gasteiger partial charge is 0.453 e. The van der Waals surface area contributed by atoms with E-state index >= 15 is 0 Å². The standard InChI is InChI=1S/C20H14O4/c21-13-15-7-1-3-9-17(15)23-19-11-5-6-12-20(19)24-18-10-4-2-8-16(18)14-22/h1-14H. The lowest BCUT2D eigenvalue weighted by Gasteiger charge is -2.14. The van der Waals surface area contributed by atoms with E-state index in [1.165, 1.54) is 0 Å². The monoisotopic (exact) mass is 318 g/mol. The molecule has 118 valence electrons. The minimum absolute atomic E-state index is 0.437. The number of carbonyl (C=O) groups excluding carboxylic acids is 2. The van der Waals surface area contributed by atoms with E-state index in [-0.39, 0.29) is 0 Å². The van der Waals surface area contributed by atoms with Crippen molar-refractivity contribution in [2.45, 2.75) is 0 Å². The van der Waals surface area contributed by atoms with Crippen LogP contribution in [0.4, 0.5) is 0 Å². The molecular formula is C20H14O4. The van der Waals surface area contributed by atoms with Crippen LogP contribution in [0.1, 0.15) is 20.7 Å². The molecule has 0 fully saturated rings. The smallest absolute Gasteiger partial charge is 0.169 e. The maximum Gasteiger partial charge on any atom is 0.169 e. The maximum atomic E-state index is 11.1. The van der Waals surface area contributed by atoms with Gasteiger partial charge in [-0.15, -0.1) is 0 Å².